The number of aromatic nitrogens is 2. The van der Waals surface area contributed by atoms with Gasteiger partial charge in [0.1, 0.15) is 0 Å². The smallest absolute Gasteiger partial charge is 0.0894 e. The van der Waals surface area contributed by atoms with Gasteiger partial charge in [0, 0.05) is 18.1 Å². The molecule has 0 aliphatic rings. The molecule has 0 saturated heterocycles. The van der Waals surface area contributed by atoms with Crippen molar-refractivity contribution in [2.45, 2.75) is 26.3 Å². The Morgan fingerprint density at radius 2 is 1.81 bits per heavy atom. The van der Waals surface area contributed by atoms with Gasteiger partial charge in [0.25, 0.3) is 0 Å². The van der Waals surface area contributed by atoms with Crippen molar-refractivity contribution >= 4 is 16.6 Å². The lowest BCUT2D eigenvalue weighted by molar-refractivity contribution is 0.771. The molecule has 1 heterocycles. The molecule has 0 aliphatic heterocycles. The minimum absolute atomic E-state index is 0.752. The second-order valence-corrected chi connectivity index (χ2v) is 5.35. The Labute approximate surface area is 125 Å². The largest absolute Gasteiger partial charge is 0.379 e. The minimum atomic E-state index is 0.752. The Kier molecular flexibility index (Phi) is 3.91. The normalized spacial score (nSPS) is 11.0. The van der Waals surface area contributed by atoms with Crippen molar-refractivity contribution in [2.24, 2.45) is 7.05 Å². The van der Waals surface area contributed by atoms with Crippen molar-refractivity contribution in [3.05, 3.63) is 59.8 Å². The van der Waals surface area contributed by atoms with Crippen LogP contribution in [-0.2, 0) is 20.0 Å². The van der Waals surface area contributed by atoms with Crippen molar-refractivity contribution in [3.8, 4) is 0 Å². The molecule has 108 valence electrons. The van der Waals surface area contributed by atoms with Crippen LogP contribution >= 0.6 is 0 Å². The molecule has 0 radical (unpaired) electrons. The SMILES string of the molecule is CCCc1ccccc1NCc1nn(C)c2ccccc12. The molecular weight excluding hydrogens is 258 g/mol. The van der Waals surface area contributed by atoms with E-state index < -0.39 is 0 Å². The molecule has 0 spiro atoms. The van der Waals surface area contributed by atoms with Gasteiger partial charge in [-0.05, 0) is 24.1 Å². The molecular formula is C18H21N3. The fraction of sp³-hybridized carbons (Fsp3) is 0.278. The van der Waals surface area contributed by atoms with E-state index in [9.17, 15) is 0 Å². The lowest BCUT2D eigenvalue weighted by Gasteiger charge is -2.10. The molecule has 3 aromatic rings. The molecule has 0 fully saturated rings. The van der Waals surface area contributed by atoms with Crippen molar-refractivity contribution in [2.75, 3.05) is 5.32 Å². The topological polar surface area (TPSA) is 29.9 Å². The van der Waals surface area contributed by atoms with Crippen LogP contribution in [0.15, 0.2) is 48.5 Å². The quantitative estimate of drug-likeness (QED) is 0.760. The van der Waals surface area contributed by atoms with Gasteiger partial charge in [0.15, 0.2) is 0 Å². The van der Waals surface area contributed by atoms with E-state index in [1.54, 1.807) is 0 Å². The number of hydrogen-bond donors (Lipinski definition) is 1. The first-order valence-corrected chi connectivity index (χ1v) is 7.52. The molecule has 0 saturated carbocycles. The average molecular weight is 279 g/mol. The molecule has 3 nitrogen and oxygen atoms in total. The van der Waals surface area contributed by atoms with Crippen molar-refractivity contribution < 1.29 is 0 Å². The van der Waals surface area contributed by atoms with Gasteiger partial charge in [0.05, 0.1) is 17.8 Å². The van der Waals surface area contributed by atoms with Crippen molar-refractivity contribution in [3.63, 3.8) is 0 Å². The summed E-state index contributed by atoms with van der Waals surface area (Å²) in [6.07, 6.45) is 2.26. The van der Waals surface area contributed by atoms with Crippen molar-refractivity contribution in [1.82, 2.24) is 9.78 Å². The van der Waals surface area contributed by atoms with Crippen LogP contribution in [0.5, 0.6) is 0 Å². The molecule has 2 aromatic carbocycles. The van der Waals surface area contributed by atoms with Crippen LogP contribution in [0.2, 0.25) is 0 Å². The third kappa shape index (κ3) is 2.77. The molecule has 1 aromatic heterocycles. The molecule has 0 aliphatic carbocycles. The Morgan fingerprint density at radius 3 is 2.67 bits per heavy atom. The maximum atomic E-state index is 4.63. The molecule has 0 bridgehead atoms. The van der Waals surface area contributed by atoms with Gasteiger partial charge in [-0.1, -0.05) is 49.7 Å². The number of rotatable bonds is 5. The Morgan fingerprint density at radius 1 is 1.05 bits per heavy atom. The first-order valence-electron chi connectivity index (χ1n) is 7.52. The number of fused-ring (bicyclic) bond motifs is 1. The lowest BCUT2D eigenvalue weighted by Crippen LogP contribution is -2.03. The summed E-state index contributed by atoms with van der Waals surface area (Å²) in [5.41, 5.74) is 4.87. The van der Waals surface area contributed by atoms with Gasteiger partial charge in [-0.25, -0.2) is 0 Å². The van der Waals surface area contributed by atoms with Gasteiger partial charge in [0.2, 0.25) is 0 Å². The van der Waals surface area contributed by atoms with Gasteiger partial charge < -0.3 is 5.32 Å². The van der Waals surface area contributed by atoms with Gasteiger partial charge in [-0.3, -0.25) is 4.68 Å². The summed E-state index contributed by atoms with van der Waals surface area (Å²) in [7, 11) is 2.00. The molecule has 0 amide bonds. The summed E-state index contributed by atoms with van der Waals surface area (Å²) >= 11 is 0. The highest BCUT2D eigenvalue weighted by Crippen LogP contribution is 2.21. The first kappa shape index (κ1) is 13.7. The van der Waals surface area contributed by atoms with E-state index in [1.807, 2.05) is 11.7 Å². The van der Waals surface area contributed by atoms with E-state index in [4.69, 9.17) is 0 Å². The average Bonchev–Trinajstić information content (AvgIpc) is 2.84. The van der Waals surface area contributed by atoms with E-state index in [0.29, 0.717) is 0 Å². The molecule has 1 N–H and O–H groups in total. The fourth-order valence-corrected chi connectivity index (χ4v) is 2.78. The number of benzene rings is 2. The summed E-state index contributed by atoms with van der Waals surface area (Å²) in [4.78, 5) is 0. The second-order valence-electron chi connectivity index (χ2n) is 5.35. The molecule has 0 atom stereocenters. The van der Waals surface area contributed by atoms with Crippen LogP contribution in [0.4, 0.5) is 5.69 Å². The van der Waals surface area contributed by atoms with Crippen LogP contribution in [0.3, 0.4) is 0 Å². The summed E-state index contributed by atoms with van der Waals surface area (Å²) in [5, 5.41) is 9.40. The van der Waals surface area contributed by atoms with Crippen LogP contribution < -0.4 is 5.32 Å². The fourth-order valence-electron chi connectivity index (χ4n) is 2.78. The second kappa shape index (κ2) is 6.00. The van der Waals surface area contributed by atoms with Crippen LogP contribution in [0.1, 0.15) is 24.6 Å². The Bertz CT molecular complexity index is 743. The first-order chi connectivity index (χ1) is 10.3. The van der Waals surface area contributed by atoms with Crippen LogP contribution in [-0.4, -0.2) is 9.78 Å². The molecule has 21 heavy (non-hydrogen) atoms. The maximum absolute atomic E-state index is 4.63. The Hall–Kier alpha value is -2.29. The zero-order valence-electron chi connectivity index (χ0n) is 12.6. The van der Waals surface area contributed by atoms with E-state index in [1.165, 1.54) is 22.2 Å². The van der Waals surface area contributed by atoms with Gasteiger partial charge >= 0.3 is 0 Å². The van der Waals surface area contributed by atoms with Crippen molar-refractivity contribution in [1.29, 1.82) is 0 Å². The summed E-state index contributed by atoms with van der Waals surface area (Å²) in [6.45, 7) is 2.96. The number of nitrogens with zero attached hydrogens (tertiary/aromatic N) is 2. The summed E-state index contributed by atoms with van der Waals surface area (Å²) in [6, 6.07) is 16.9. The molecule has 3 rings (SSSR count). The lowest BCUT2D eigenvalue weighted by atomic mass is 10.1. The monoisotopic (exact) mass is 279 g/mol. The number of hydrogen-bond acceptors (Lipinski definition) is 2. The highest BCUT2D eigenvalue weighted by atomic mass is 15.3. The highest BCUT2D eigenvalue weighted by Gasteiger charge is 2.08. The molecule has 0 unspecified atom stereocenters. The third-order valence-corrected chi connectivity index (χ3v) is 3.82. The predicted molar refractivity (Wildman–Crippen MR) is 88.5 cm³/mol. The van der Waals surface area contributed by atoms with Gasteiger partial charge in [-0.15, -0.1) is 0 Å². The van der Waals surface area contributed by atoms with E-state index in [-0.39, 0.29) is 0 Å². The minimum Gasteiger partial charge on any atom is -0.379 e. The Balaban J connectivity index is 1.84. The number of para-hydroxylation sites is 2. The predicted octanol–water partition coefficient (Wildman–Crippen LogP) is 4.14. The van der Waals surface area contributed by atoms with E-state index in [0.717, 1.165) is 25.1 Å². The van der Waals surface area contributed by atoms with E-state index in [2.05, 4.69) is 65.9 Å². The zero-order chi connectivity index (χ0) is 14.7. The maximum Gasteiger partial charge on any atom is 0.0894 e. The highest BCUT2D eigenvalue weighted by molar-refractivity contribution is 5.82. The number of nitrogens with one attached hydrogen (secondary N) is 1. The van der Waals surface area contributed by atoms with E-state index >= 15 is 0 Å². The van der Waals surface area contributed by atoms with Crippen LogP contribution in [0, 0.1) is 0 Å². The third-order valence-electron chi connectivity index (χ3n) is 3.82. The van der Waals surface area contributed by atoms with Crippen LogP contribution in [0.25, 0.3) is 10.9 Å². The van der Waals surface area contributed by atoms with Gasteiger partial charge in [-0.2, -0.15) is 5.10 Å². The zero-order valence-corrected chi connectivity index (χ0v) is 12.6. The standard InChI is InChI=1S/C18H21N3/c1-3-8-14-9-4-6-11-16(14)19-13-17-15-10-5-7-12-18(15)21(2)20-17/h4-7,9-12,19H,3,8,13H2,1-2H3. The summed E-state index contributed by atoms with van der Waals surface area (Å²) in [5.74, 6) is 0. The summed E-state index contributed by atoms with van der Waals surface area (Å²) < 4.78 is 1.95. The number of aryl methyl sites for hydroxylation is 2. The number of anilines is 1. The molecule has 3 heteroatoms.